The molecule has 2 aliphatic heterocycles. The van der Waals surface area contributed by atoms with Crippen LogP contribution in [0.1, 0.15) is 37.8 Å². The zero-order valence-electron chi connectivity index (χ0n) is 18.1. The van der Waals surface area contributed by atoms with E-state index in [9.17, 15) is 0 Å². The van der Waals surface area contributed by atoms with Gasteiger partial charge < -0.3 is 19.7 Å². The van der Waals surface area contributed by atoms with Crippen molar-refractivity contribution in [3.05, 3.63) is 17.8 Å². The molecule has 7 nitrogen and oxygen atoms in total. The maximum atomic E-state index is 6.12. The second-order valence-electron chi connectivity index (χ2n) is 8.36. The van der Waals surface area contributed by atoms with Gasteiger partial charge in [-0.05, 0) is 45.0 Å². The van der Waals surface area contributed by atoms with Gasteiger partial charge in [0.1, 0.15) is 6.73 Å². The van der Waals surface area contributed by atoms with Crippen molar-refractivity contribution in [2.24, 2.45) is 5.92 Å². The molecule has 7 heteroatoms. The molecular weight excluding hydrogens is 366 g/mol. The molecule has 2 fully saturated rings. The monoisotopic (exact) mass is 399 g/mol. The lowest BCUT2D eigenvalue weighted by Gasteiger charge is -2.38. The lowest BCUT2D eigenvalue weighted by molar-refractivity contribution is 0.0229. The SMILES string of the molecule is CCC1CN(COc2cc3nc(NC)nc(C4CCN(C)CC4)c3cc2OC)C1. The van der Waals surface area contributed by atoms with Crippen LogP contribution in [0.15, 0.2) is 12.1 Å². The van der Waals surface area contributed by atoms with Gasteiger partial charge in [-0.1, -0.05) is 13.3 Å². The first kappa shape index (κ1) is 20.2. The van der Waals surface area contributed by atoms with Gasteiger partial charge in [0.05, 0.1) is 18.3 Å². The van der Waals surface area contributed by atoms with Gasteiger partial charge in [0.25, 0.3) is 0 Å². The van der Waals surface area contributed by atoms with Crippen molar-refractivity contribution in [1.82, 2.24) is 19.8 Å². The first-order chi connectivity index (χ1) is 14.1. The lowest BCUT2D eigenvalue weighted by atomic mass is 9.91. The standard InChI is InChI=1S/C22H33N5O2/c1-5-15-12-27(13-15)14-29-20-11-18-17(10-19(20)28-4)21(25-22(23-2)24-18)16-6-8-26(3)9-7-16/h10-11,15-16H,5-9,12-14H2,1-4H3,(H,23,24,25). The molecule has 0 saturated carbocycles. The van der Waals surface area contributed by atoms with Gasteiger partial charge in [-0.3, -0.25) is 4.90 Å². The zero-order chi connectivity index (χ0) is 20.4. The van der Waals surface area contributed by atoms with Gasteiger partial charge in [0.2, 0.25) is 5.95 Å². The van der Waals surface area contributed by atoms with E-state index < -0.39 is 0 Å². The van der Waals surface area contributed by atoms with Crippen molar-refractivity contribution in [2.45, 2.75) is 32.1 Å². The van der Waals surface area contributed by atoms with Crippen molar-refractivity contribution in [2.75, 3.05) is 59.4 Å². The molecule has 2 saturated heterocycles. The third-order valence-corrected chi connectivity index (χ3v) is 6.35. The number of hydrogen-bond donors (Lipinski definition) is 1. The fraction of sp³-hybridized carbons (Fsp3) is 0.636. The molecular formula is C22H33N5O2. The average Bonchev–Trinajstić information content (AvgIpc) is 2.72. The van der Waals surface area contributed by atoms with Crippen molar-refractivity contribution in [3.63, 3.8) is 0 Å². The molecule has 158 valence electrons. The summed E-state index contributed by atoms with van der Waals surface area (Å²) in [5.74, 6) is 3.40. The summed E-state index contributed by atoms with van der Waals surface area (Å²) in [5, 5.41) is 4.19. The van der Waals surface area contributed by atoms with E-state index in [-0.39, 0.29) is 0 Å². The van der Waals surface area contributed by atoms with Gasteiger partial charge in [-0.25, -0.2) is 9.97 Å². The normalized spacial score (nSPS) is 19.3. The molecule has 1 N–H and O–H groups in total. The summed E-state index contributed by atoms with van der Waals surface area (Å²) in [6.45, 7) is 7.24. The predicted octanol–water partition coefficient (Wildman–Crippen LogP) is 3.17. The van der Waals surface area contributed by atoms with Crippen LogP contribution in [-0.4, -0.2) is 73.9 Å². The van der Waals surface area contributed by atoms with Crippen LogP contribution in [-0.2, 0) is 0 Å². The van der Waals surface area contributed by atoms with Crippen molar-refractivity contribution < 1.29 is 9.47 Å². The second kappa shape index (κ2) is 8.71. The van der Waals surface area contributed by atoms with E-state index in [1.165, 1.54) is 6.42 Å². The van der Waals surface area contributed by atoms with Crippen LogP contribution in [0, 0.1) is 5.92 Å². The van der Waals surface area contributed by atoms with E-state index in [2.05, 4.69) is 35.2 Å². The predicted molar refractivity (Wildman–Crippen MR) is 116 cm³/mol. The Balaban J connectivity index is 1.63. The number of anilines is 1. The minimum atomic E-state index is 0.437. The molecule has 2 aliphatic rings. The Morgan fingerprint density at radius 2 is 1.90 bits per heavy atom. The number of nitrogens with zero attached hydrogens (tertiary/aromatic N) is 4. The van der Waals surface area contributed by atoms with Gasteiger partial charge >= 0.3 is 0 Å². The molecule has 0 amide bonds. The van der Waals surface area contributed by atoms with Gasteiger partial charge in [-0.2, -0.15) is 0 Å². The molecule has 3 heterocycles. The topological polar surface area (TPSA) is 62.8 Å². The number of likely N-dealkylation sites (tertiary alicyclic amines) is 2. The highest BCUT2D eigenvalue weighted by atomic mass is 16.5. The fourth-order valence-electron chi connectivity index (χ4n) is 4.34. The van der Waals surface area contributed by atoms with E-state index >= 15 is 0 Å². The summed E-state index contributed by atoms with van der Waals surface area (Å²) in [7, 11) is 5.75. The summed E-state index contributed by atoms with van der Waals surface area (Å²) in [4.78, 5) is 14.2. The number of ether oxygens (including phenoxy) is 2. The van der Waals surface area contributed by atoms with Crippen molar-refractivity contribution in [1.29, 1.82) is 0 Å². The first-order valence-corrected chi connectivity index (χ1v) is 10.7. The Kier molecular flexibility index (Phi) is 6.06. The molecule has 0 aliphatic carbocycles. The second-order valence-corrected chi connectivity index (χ2v) is 8.36. The third-order valence-electron chi connectivity index (χ3n) is 6.35. The average molecular weight is 400 g/mol. The quantitative estimate of drug-likeness (QED) is 0.767. The molecule has 4 rings (SSSR count). The number of rotatable bonds is 7. The van der Waals surface area contributed by atoms with Crippen LogP contribution in [0.5, 0.6) is 11.5 Å². The minimum Gasteiger partial charge on any atom is -0.493 e. The maximum Gasteiger partial charge on any atom is 0.223 e. The van der Waals surface area contributed by atoms with Crippen LogP contribution >= 0.6 is 0 Å². The zero-order valence-corrected chi connectivity index (χ0v) is 18.1. The number of piperidine rings is 1. The smallest absolute Gasteiger partial charge is 0.223 e. The van der Waals surface area contributed by atoms with E-state index in [1.54, 1.807) is 7.11 Å². The Hall–Kier alpha value is -2.12. The van der Waals surface area contributed by atoms with Gasteiger partial charge in [0, 0.05) is 37.5 Å². The largest absolute Gasteiger partial charge is 0.493 e. The number of fused-ring (bicyclic) bond motifs is 1. The first-order valence-electron chi connectivity index (χ1n) is 10.7. The Labute approximate surface area is 173 Å². The fourth-order valence-corrected chi connectivity index (χ4v) is 4.34. The molecule has 1 aromatic carbocycles. The molecule has 0 unspecified atom stereocenters. The molecule has 0 atom stereocenters. The third kappa shape index (κ3) is 4.26. The maximum absolute atomic E-state index is 6.12. The van der Waals surface area contributed by atoms with Crippen molar-refractivity contribution in [3.8, 4) is 11.5 Å². The highest BCUT2D eigenvalue weighted by Gasteiger charge is 2.26. The van der Waals surface area contributed by atoms with E-state index in [4.69, 9.17) is 19.4 Å². The molecule has 1 aromatic heterocycles. The van der Waals surface area contributed by atoms with Crippen LogP contribution in [0.25, 0.3) is 10.9 Å². The summed E-state index contributed by atoms with van der Waals surface area (Å²) >= 11 is 0. The van der Waals surface area contributed by atoms with Crippen LogP contribution in [0.3, 0.4) is 0 Å². The van der Waals surface area contributed by atoms with E-state index in [0.717, 1.165) is 73.0 Å². The molecule has 2 aromatic rings. The number of hydrogen-bond acceptors (Lipinski definition) is 7. The highest BCUT2D eigenvalue weighted by Crippen LogP contribution is 2.38. The number of nitrogens with one attached hydrogen (secondary N) is 1. The summed E-state index contributed by atoms with van der Waals surface area (Å²) in [6, 6.07) is 4.06. The Morgan fingerprint density at radius 3 is 2.55 bits per heavy atom. The lowest BCUT2D eigenvalue weighted by Crippen LogP contribution is -2.47. The van der Waals surface area contributed by atoms with Crippen LogP contribution in [0.4, 0.5) is 5.95 Å². The van der Waals surface area contributed by atoms with Crippen molar-refractivity contribution >= 4 is 16.9 Å². The highest BCUT2D eigenvalue weighted by molar-refractivity contribution is 5.86. The number of benzene rings is 1. The van der Waals surface area contributed by atoms with Gasteiger partial charge in [-0.15, -0.1) is 0 Å². The van der Waals surface area contributed by atoms with Crippen LogP contribution in [0.2, 0.25) is 0 Å². The molecule has 29 heavy (non-hydrogen) atoms. The van der Waals surface area contributed by atoms with Gasteiger partial charge in [0.15, 0.2) is 11.5 Å². The minimum absolute atomic E-state index is 0.437. The molecule has 0 radical (unpaired) electrons. The molecule has 0 bridgehead atoms. The number of aromatic nitrogens is 2. The summed E-state index contributed by atoms with van der Waals surface area (Å²) in [6.07, 6.45) is 3.46. The van der Waals surface area contributed by atoms with E-state index in [0.29, 0.717) is 18.6 Å². The number of methoxy groups -OCH3 is 1. The molecule has 0 spiro atoms. The van der Waals surface area contributed by atoms with Crippen LogP contribution < -0.4 is 14.8 Å². The van der Waals surface area contributed by atoms with E-state index in [1.807, 2.05) is 13.1 Å². The summed E-state index contributed by atoms with van der Waals surface area (Å²) < 4.78 is 11.8. The Morgan fingerprint density at radius 1 is 1.14 bits per heavy atom. The Bertz CT molecular complexity index is 845. The summed E-state index contributed by atoms with van der Waals surface area (Å²) in [5.41, 5.74) is 2.02.